The highest BCUT2D eigenvalue weighted by Gasteiger charge is 2.71. The number of rotatable bonds is 5. The molecule has 2 saturated heterocycles. The number of carbonyl (C=O) groups excluding carboxylic acids is 2. The highest BCUT2D eigenvalue weighted by Crippen LogP contribution is 2.54. The van der Waals surface area contributed by atoms with Gasteiger partial charge in [0.1, 0.15) is 23.5 Å². The third kappa shape index (κ3) is 6.27. The number of aliphatic hydroxyl groups excluding tert-OH is 2. The number of nitrogens with zero attached hydrogens (tertiary/aromatic N) is 1. The average Bonchev–Trinajstić information content (AvgIpc) is 3.26. The van der Waals surface area contributed by atoms with Gasteiger partial charge in [0.25, 0.3) is 0 Å². The second kappa shape index (κ2) is 11.9. The van der Waals surface area contributed by atoms with Gasteiger partial charge in [0.15, 0.2) is 17.8 Å². The molecular weight excluding hydrogens is 514 g/mol. The number of carbonyl (C=O) groups is 2. The molecule has 3 heterocycles. The van der Waals surface area contributed by atoms with E-state index in [0.29, 0.717) is 35.4 Å². The van der Waals surface area contributed by atoms with Crippen LogP contribution in [0.2, 0.25) is 0 Å². The Morgan fingerprint density at radius 2 is 1.90 bits per heavy atom. The average molecular weight is 560 g/mol. The molecule has 1 aromatic heterocycles. The van der Waals surface area contributed by atoms with Crippen molar-refractivity contribution in [3.05, 3.63) is 29.7 Å². The fourth-order valence-electron chi connectivity index (χ4n) is 6.17. The molecular formula is C31H45NO8. The molecule has 2 aliphatic rings. The Hall–Kier alpha value is -2.33. The summed E-state index contributed by atoms with van der Waals surface area (Å²) in [6.07, 6.45) is 3.24. The topological polar surface area (TPSA) is 143 Å². The lowest BCUT2D eigenvalue weighted by molar-refractivity contribution is -0.171. The van der Waals surface area contributed by atoms with E-state index < -0.39 is 35.0 Å². The van der Waals surface area contributed by atoms with Crippen LogP contribution in [0.15, 0.2) is 22.6 Å². The Balaban J connectivity index is 1.64. The smallest absolute Gasteiger partial charge is 0.306 e. The number of aliphatic hydroxyl groups is 3. The van der Waals surface area contributed by atoms with Crippen LogP contribution in [0.3, 0.4) is 0 Å². The molecule has 6 atom stereocenters. The number of ether oxygens (including phenoxy) is 2. The number of fused-ring (bicyclic) bond motifs is 2. The molecule has 2 fully saturated rings. The molecule has 6 unspecified atom stereocenters. The lowest BCUT2D eigenvalue weighted by atomic mass is 9.73. The molecule has 0 radical (unpaired) electrons. The first kappa shape index (κ1) is 30.6. The third-order valence-electron chi connectivity index (χ3n) is 8.90. The van der Waals surface area contributed by atoms with Gasteiger partial charge in [-0.05, 0) is 56.2 Å². The molecule has 9 heteroatoms. The van der Waals surface area contributed by atoms with Crippen molar-refractivity contribution in [3.8, 4) is 0 Å². The van der Waals surface area contributed by atoms with Crippen LogP contribution in [0.5, 0.6) is 0 Å². The number of ketones is 1. The maximum absolute atomic E-state index is 13.7. The van der Waals surface area contributed by atoms with Crippen molar-refractivity contribution in [1.82, 2.24) is 4.98 Å². The van der Waals surface area contributed by atoms with Crippen LogP contribution in [0.4, 0.5) is 0 Å². The molecule has 0 aliphatic carbocycles. The van der Waals surface area contributed by atoms with Gasteiger partial charge >= 0.3 is 5.97 Å². The standard InChI is InChI=1S/C31H45NO8/c1-6-7-10-21-16-19(2)9-8-14-30(5)31(37,40-30)28(36)26(39-25(34)13-15-29(3,4)27(21)35)20-11-12-23-22(17-20)32-24(18-33)38-23/h11-12,17,19,21,26,28,33,36-37H,6-10,13-16,18H2,1-5H3. The second-order valence-corrected chi connectivity index (χ2v) is 12.7. The van der Waals surface area contributed by atoms with Crippen LogP contribution < -0.4 is 0 Å². The number of epoxide rings is 1. The van der Waals surface area contributed by atoms with Gasteiger partial charge in [0.2, 0.25) is 11.7 Å². The van der Waals surface area contributed by atoms with Crippen molar-refractivity contribution < 1.29 is 38.8 Å². The van der Waals surface area contributed by atoms with Crippen LogP contribution in [0, 0.1) is 17.3 Å². The van der Waals surface area contributed by atoms with Crippen molar-refractivity contribution in [2.45, 2.75) is 123 Å². The lowest BCUT2D eigenvalue weighted by Crippen LogP contribution is -2.42. The highest BCUT2D eigenvalue weighted by atomic mass is 16.8. The summed E-state index contributed by atoms with van der Waals surface area (Å²) in [6.45, 7) is 9.46. The number of benzene rings is 1. The number of unbranched alkanes of at least 4 members (excludes halogenated alkanes) is 1. The van der Waals surface area contributed by atoms with Crippen molar-refractivity contribution in [1.29, 1.82) is 0 Å². The second-order valence-electron chi connectivity index (χ2n) is 12.7. The largest absolute Gasteiger partial charge is 0.454 e. The minimum atomic E-state index is -1.90. The number of oxazole rings is 1. The van der Waals surface area contributed by atoms with E-state index in [1.54, 1.807) is 25.1 Å². The molecule has 9 nitrogen and oxygen atoms in total. The predicted octanol–water partition coefficient (Wildman–Crippen LogP) is 5.13. The zero-order chi connectivity index (χ0) is 29.3. The summed E-state index contributed by atoms with van der Waals surface area (Å²) >= 11 is 0. The van der Waals surface area contributed by atoms with Crippen LogP contribution >= 0.6 is 0 Å². The quantitative estimate of drug-likeness (QED) is 0.335. The first-order valence-corrected chi connectivity index (χ1v) is 14.7. The number of aromatic nitrogens is 1. The van der Waals surface area contributed by atoms with E-state index in [1.807, 2.05) is 13.8 Å². The van der Waals surface area contributed by atoms with E-state index in [1.165, 1.54) is 0 Å². The third-order valence-corrected chi connectivity index (χ3v) is 8.90. The molecule has 0 spiro atoms. The summed E-state index contributed by atoms with van der Waals surface area (Å²) < 4.78 is 17.1. The minimum Gasteiger partial charge on any atom is -0.454 e. The molecule has 1 aromatic carbocycles. The van der Waals surface area contributed by atoms with E-state index in [0.717, 1.165) is 38.5 Å². The Bertz CT molecular complexity index is 1210. The Morgan fingerprint density at radius 3 is 2.60 bits per heavy atom. The predicted molar refractivity (Wildman–Crippen MR) is 148 cm³/mol. The maximum Gasteiger partial charge on any atom is 0.306 e. The molecule has 3 N–H and O–H groups in total. The first-order chi connectivity index (χ1) is 18.8. The number of esters is 1. The number of hydrogen-bond acceptors (Lipinski definition) is 9. The summed E-state index contributed by atoms with van der Waals surface area (Å²) in [5, 5.41) is 32.2. The van der Waals surface area contributed by atoms with Gasteiger partial charge in [-0.1, -0.05) is 59.4 Å². The Labute approximate surface area is 236 Å². The van der Waals surface area contributed by atoms with Crippen molar-refractivity contribution in [2.75, 3.05) is 0 Å². The summed E-state index contributed by atoms with van der Waals surface area (Å²) in [4.78, 5) is 31.1. The van der Waals surface area contributed by atoms with E-state index in [2.05, 4.69) is 18.8 Å². The SMILES string of the molecule is CCCCC1CC(C)CCCC2(C)OC2(O)C(O)C(c2ccc3oc(CO)nc3c2)OC(=O)CCC(C)(C)C1=O. The zero-order valence-corrected chi connectivity index (χ0v) is 24.4. The van der Waals surface area contributed by atoms with E-state index >= 15 is 0 Å². The molecule has 0 saturated carbocycles. The van der Waals surface area contributed by atoms with Crippen LogP contribution in [0.1, 0.15) is 110 Å². The fourth-order valence-corrected chi connectivity index (χ4v) is 6.17. The summed E-state index contributed by atoms with van der Waals surface area (Å²) in [5.41, 5.74) is -0.460. The van der Waals surface area contributed by atoms with Gasteiger partial charge in [-0.25, -0.2) is 4.98 Å². The normalized spacial score (nSPS) is 33.9. The van der Waals surface area contributed by atoms with E-state index in [9.17, 15) is 24.9 Å². The molecule has 222 valence electrons. The van der Waals surface area contributed by atoms with Crippen molar-refractivity contribution in [3.63, 3.8) is 0 Å². The number of cyclic esters (lactones) is 1. The minimum absolute atomic E-state index is 0.0184. The molecule has 0 bridgehead atoms. The maximum atomic E-state index is 13.7. The van der Waals surface area contributed by atoms with Crippen molar-refractivity contribution >= 4 is 22.9 Å². The Kier molecular flexibility index (Phi) is 9.10. The molecule has 2 aromatic rings. The van der Waals surface area contributed by atoms with Crippen LogP contribution in [-0.2, 0) is 25.7 Å². The lowest BCUT2D eigenvalue weighted by Gasteiger charge is -2.31. The Morgan fingerprint density at radius 1 is 1.15 bits per heavy atom. The van der Waals surface area contributed by atoms with E-state index in [-0.39, 0.29) is 30.6 Å². The summed E-state index contributed by atoms with van der Waals surface area (Å²) in [6, 6.07) is 4.85. The highest BCUT2D eigenvalue weighted by molar-refractivity contribution is 5.87. The van der Waals surface area contributed by atoms with Crippen LogP contribution in [-0.4, -0.2) is 49.5 Å². The molecule has 0 amide bonds. The van der Waals surface area contributed by atoms with Crippen LogP contribution in [0.25, 0.3) is 11.1 Å². The zero-order valence-electron chi connectivity index (χ0n) is 24.4. The van der Waals surface area contributed by atoms with E-state index in [4.69, 9.17) is 13.9 Å². The van der Waals surface area contributed by atoms with Gasteiger partial charge in [0.05, 0.1) is 0 Å². The van der Waals surface area contributed by atoms with Gasteiger partial charge in [-0.3, -0.25) is 9.59 Å². The molecule has 4 rings (SSSR count). The summed E-state index contributed by atoms with van der Waals surface area (Å²) in [5.74, 6) is -1.91. The van der Waals surface area contributed by atoms with Crippen molar-refractivity contribution in [2.24, 2.45) is 17.3 Å². The monoisotopic (exact) mass is 559 g/mol. The molecule has 2 aliphatic heterocycles. The number of hydrogen-bond donors (Lipinski definition) is 3. The van der Waals surface area contributed by atoms with Gasteiger partial charge in [-0.15, -0.1) is 0 Å². The molecule has 40 heavy (non-hydrogen) atoms. The fraction of sp³-hybridized carbons (Fsp3) is 0.710. The van der Waals surface area contributed by atoms with Gasteiger partial charge in [-0.2, -0.15) is 0 Å². The first-order valence-electron chi connectivity index (χ1n) is 14.7. The van der Waals surface area contributed by atoms with Gasteiger partial charge < -0.3 is 29.2 Å². The van der Waals surface area contributed by atoms with Gasteiger partial charge in [0, 0.05) is 17.8 Å². The number of Topliss-reactive ketones (excluding diaryl/α,β-unsaturated/α-hetero) is 1. The summed E-state index contributed by atoms with van der Waals surface area (Å²) in [7, 11) is 0.